The molecule has 0 radical (unpaired) electrons. The minimum atomic E-state index is -0.257. The van der Waals surface area contributed by atoms with Crippen LogP contribution in [0.5, 0.6) is 5.75 Å². The van der Waals surface area contributed by atoms with Crippen LogP contribution < -0.4 is 10.2 Å². The number of hydrogen-bond donors (Lipinski definition) is 1. The molecule has 0 aliphatic rings. The molecule has 1 heterocycles. The average molecular weight is 571 g/mol. The number of carbonyl (C=O) groups excluding carboxylic acids is 1. The van der Waals surface area contributed by atoms with Crippen LogP contribution >= 0.6 is 39.3 Å². The normalized spacial score (nSPS) is 11.1. The summed E-state index contributed by atoms with van der Waals surface area (Å²) in [5.74, 6) is 1.27. The molecule has 0 aliphatic heterocycles. The number of aromatic nitrogens is 3. The Morgan fingerprint density at radius 1 is 1.11 bits per heavy atom. The molecule has 0 fully saturated rings. The second-order valence-corrected chi connectivity index (χ2v) is 9.41. The Morgan fingerprint density at radius 3 is 2.57 bits per heavy atom. The van der Waals surface area contributed by atoms with Gasteiger partial charge < -0.3 is 4.74 Å². The van der Waals surface area contributed by atoms with Gasteiger partial charge in [-0.05, 0) is 61.5 Å². The SMILES string of the molecule is CCOc1ccc(-n2c(SCC(=O)N/N=C/c3ccccc3Br)nnc2-c2ccc(Cl)cc2)cc1. The third-order valence-corrected chi connectivity index (χ3v) is 6.68. The van der Waals surface area contributed by atoms with Crippen molar-refractivity contribution in [1.82, 2.24) is 20.2 Å². The lowest BCUT2D eigenvalue weighted by Gasteiger charge is -2.11. The van der Waals surface area contributed by atoms with Crippen molar-refractivity contribution in [3.8, 4) is 22.8 Å². The summed E-state index contributed by atoms with van der Waals surface area (Å²) in [5.41, 5.74) is 5.12. The molecule has 1 aromatic heterocycles. The maximum absolute atomic E-state index is 12.4. The lowest BCUT2D eigenvalue weighted by atomic mass is 10.2. The minimum Gasteiger partial charge on any atom is -0.494 e. The third-order valence-electron chi connectivity index (χ3n) is 4.77. The number of ether oxygens (including phenoxy) is 1. The molecule has 0 saturated heterocycles. The standard InChI is InChI=1S/C25H21BrClN5O2S/c1-2-34-21-13-11-20(12-14-21)32-24(17-7-9-19(27)10-8-17)30-31-25(32)35-16-23(33)29-28-15-18-5-3-4-6-22(18)26/h3-15H,2,16H2,1H3,(H,29,33)/b28-15+. The van der Waals surface area contributed by atoms with E-state index in [9.17, 15) is 4.79 Å². The summed E-state index contributed by atoms with van der Waals surface area (Å²) in [4.78, 5) is 12.4. The van der Waals surface area contributed by atoms with E-state index in [1.807, 2.05) is 72.2 Å². The molecule has 0 aliphatic carbocycles. The number of rotatable bonds is 9. The number of thioether (sulfide) groups is 1. The number of nitrogens with zero attached hydrogens (tertiary/aromatic N) is 4. The van der Waals surface area contributed by atoms with Gasteiger partial charge >= 0.3 is 0 Å². The van der Waals surface area contributed by atoms with Gasteiger partial charge in [-0.3, -0.25) is 9.36 Å². The molecule has 0 bridgehead atoms. The van der Waals surface area contributed by atoms with Gasteiger partial charge in [-0.25, -0.2) is 5.43 Å². The summed E-state index contributed by atoms with van der Waals surface area (Å²) in [6, 6.07) is 22.6. The quantitative estimate of drug-likeness (QED) is 0.152. The second-order valence-electron chi connectivity index (χ2n) is 7.18. The Hall–Kier alpha value is -3.14. The zero-order valence-corrected chi connectivity index (χ0v) is 21.8. The van der Waals surface area contributed by atoms with Gasteiger partial charge in [0.05, 0.1) is 18.6 Å². The molecule has 7 nitrogen and oxygen atoms in total. The molecule has 35 heavy (non-hydrogen) atoms. The highest BCUT2D eigenvalue weighted by atomic mass is 79.9. The molecule has 4 aromatic rings. The van der Waals surface area contributed by atoms with Crippen molar-refractivity contribution >= 4 is 51.4 Å². The molecule has 0 saturated carbocycles. The topological polar surface area (TPSA) is 81.4 Å². The van der Waals surface area contributed by atoms with Crippen molar-refractivity contribution in [2.45, 2.75) is 12.1 Å². The van der Waals surface area contributed by atoms with Crippen molar-refractivity contribution in [2.75, 3.05) is 12.4 Å². The zero-order chi connectivity index (χ0) is 24.6. The smallest absolute Gasteiger partial charge is 0.250 e. The van der Waals surface area contributed by atoms with Crippen LogP contribution in [-0.2, 0) is 4.79 Å². The summed E-state index contributed by atoms with van der Waals surface area (Å²) in [7, 11) is 0. The Balaban J connectivity index is 1.53. The van der Waals surface area contributed by atoms with Crippen molar-refractivity contribution in [1.29, 1.82) is 0 Å². The van der Waals surface area contributed by atoms with Gasteiger partial charge in [-0.1, -0.05) is 57.5 Å². The van der Waals surface area contributed by atoms with Crippen LogP contribution in [0.3, 0.4) is 0 Å². The van der Waals surface area contributed by atoms with Crippen LogP contribution in [0.1, 0.15) is 12.5 Å². The fraction of sp³-hybridized carbons (Fsp3) is 0.120. The van der Waals surface area contributed by atoms with E-state index in [2.05, 4.69) is 36.7 Å². The van der Waals surface area contributed by atoms with E-state index in [0.29, 0.717) is 22.6 Å². The minimum absolute atomic E-state index is 0.114. The van der Waals surface area contributed by atoms with E-state index in [4.69, 9.17) is 16.3 Å². The van der Waals surface area contributed by atoms with Crippen LogP contribution in [0.2, 0.25) is 5.02 Å². The van der Waals surface area contributed by atoms with Crippen molar-refractivity contribution < 1.29 is 9.53 Å². The fourth-order valence-corrected chi connectivity index (χ4v) is 4.41. The second kappa shape index (κ2) is 12.0. The van der Waals surface area contributed by atoms with E-state index in [1.165, 1.54) is 11.8 Å². The molecule has 1 N–H and O–H groups in total. The molecule has 1 amide bonds. The predicted octanol–water partition coefficient (Wildman–Crippen LogP) is 5.99. The van der Waals surface area contributed by atoms with Crippen LogP contribution in [0.15, 0.2) is 87.5 Å². The molecule has 0 atom stereocenters. The van der Waals surface area contributed by atoms with Crippen LogP contribution in [-0.4, -0.2) is 39.2 Å². The Bertz CT molecular complexity index is 1330. The summed E-state index contributed by atoms with van der Waals surface area (Å²) < 4.78 is 8.36. The van der Waals surface area contributed by atoms with Crippen molar-refractivity contribution in [3.63, 3.8) is 0 Å². The number of benzene rings is 3. The average Bonchev–Trinajstić information content (AvgIpc) is 3.29. The first kappa shape index (κ1) is 25.0. The van der Waals surface area contributed by atoms with Gasteiger partial charge in [0.25, 0.3) is 5.91 Å². The summed E-state index contributed by atoms with van der Waals surface area (Å²) in [6.45, 7) is 2.52. The molecule has 0 spiro atoms. The fourth-order valence-electron chi connectivity index (χ4n) is 3.16. The lowest BCUT2D eigenvalue weighted by Crippen LogP contribution is -2.20. The Morgan fingerprint density at radius 2 is 1.86 bits per heavy atom. The number of halogens is 2. The Kier molecular flexibility index (Phi) is 8.57. The molecular weight excluding hydrogens is 550 g/mol. The number of hydrazone groups is 1. The van der Waals surface area contributed by atoms with Gasteiger partial charge in [0, 0.05) is 26.3 Å². The molecule has 0 unspecified atom stereocenters. The monoisotopic (exact) mass is 569 g/mol. The lowest BCUT2D eigenvalue weighted by molar-refractivity contribution is -0.118. The van der Waals surface area contributed by atoms with Gasteiger partial charge in [0.1, 0.15) is 5.75 Å². The van der Waals surface area contributed by atoms with E-state index in [0.717, 1.165) is 27.0 Å². The number of carbonyl (C=O) groups is 1. The van der Waals surface area contributed by atoms with E-state index in [-0.39, 0.29) is 11.7 Å². The maximum Gasteiger partial charge on any atom is 0.250 e. The summed E-state index contributed by atoms with van der Waals surface area (Å²) >= 11 is 10.8. The molecule has 10 heteroatoms. The number of nitrogens with one attached hydrogen (secondary N) is 1. The highest BCUT2D eigenvalue weighted by Gasteiger charge is 2.17. The van der Waals surface area contributed by atoms with E-state index < -0.39 is 0 Å². The van der Waals surface area contributed by atoms with Gasteiger partial charge in [-0.2, -0.15) is 5.10 Å². The number of hydrogen-bond acceptors (Lipinski definition) is 6. The van der Waals surface area contributed by atoms with Crippen molar-refractivity contribution in [3.05, 3.63) is 87.9 Å². The number of amides is 1. The highest BCUT2D eigenvalue weighted by molar-refractivity contribution is 9.10. The third kappa shape index (κ3) is 6.50. The first-order chi connectivity index (χ1) is 17.0. The maximum atomic E-state index is 12.4. The largest absolute Gasteiger partial charge is 0.494 e. The van der Waals surface area contributed by atoms with E-state index >= 15 is 0 Å². The van der Waals surface area contributed by atoms with Gasteiger partial charge in [0.2, 0.25) is 0 Å². The first-order valence-corrected chi connectivity index (χ1v) is 12.8. The zero-order valence-electron chi connectivity index (χ0n) is 18.7. The summed E-state index contributed by atoms with van der Waals surface area (Å²) in [6.07, 6.45) is 1.59. The highest BCUT2D eigenvalue weighted by Crippen LogP contribution is 2.29. The van der Waals surface area contributed by atoms with Crippen LogP contribution in [0.4, 0.5) is 0 Å². The Labute approximate surface area is 220 Å². The predicted molar refractivity (Wildman–Crippen MR) is 144 cm³/mol. The van der Waals surface area contributed by atoms with Gasteiger partial charge in [-0.15, -0.1) is 10.2 Å². The van der Waals surface area contributed by atoms with Gasteiger partial charge in [0.15, 0.2) is 11.0 Å². The summed E-state index contributed by atoms with van der Waals surface area (Å²) in [5, 5.41) is 14.0. The molecule has 178 valence electrons. The molecular formula is C25H21BrClN5O2S. The van der Waals surface area contributed by atoms with Crippen LogP contribution in [0, 0.1) is 0 Å². The first-order valence-electron chi connectivity index (χ1n) is 10.7. The van der Waals surface area contributed by atoms with Crippen molar-refractivity contribution in [2.24, 2.45) is 5.10 Å². The van der Waals surface area contributed by atoms with Crippen LogP contribution in [0.25, 0.3) is 17.1 Å². The van der Waals surface area contributed by atoms with E-state index in [1.54, 1.807) is 18.3 Å². The molecule has 3 aromatic carbocycles. The molecule has 4 rings (SSSR count).